The molecule has 0 aliphatic heterocycles. The Labute approximate surface area is 94.3 Å². The molecule has 0 aliphatic carbocycles. The van der Waals surface area contributed by atoms with Crippen LogP contribution in [-0.4, -0.2) is 13.1 Å². The Kier molecular flexibility index (Phi) is 4.76. The second-order valence-electron chi connectivity index (χ2n) is 4.04. The summed E-state index contributed by atoms with van der Waals surface area (Å²) in [6.45, 7) is 6.99. The Morgan fingerprint density at radius 3 is 2.07 bits per heavy atom. The molecule has 0 saturated heterocycles. The standard InChI is InChI=1S/C13H21NSi/c1-4-15(5-2,6-3)12-9-13-7-10-14-11-8-13/h7-12H,4-6H2,1-3H3. The summed E-state index contributed by atoms with van der Waals surface area (Å²) in [7, 11) is -1.10. The minimum atomic E-state index is -1.10. The van der Waals surface area contributed by atoms with Crippen LogP contribution in [0.25, 0.3) is 6.08 Å². The van der Waals surface area contributed by atoms with Crippen LogP contribution in [0, 0.1) is 0 Å². The molecule has 0 unspecified atom stereocenters. The van der Waals surface area contributed by atoms with Gasteiger partial charge in [-0.15, -0.1) is 0 Å². The first kappa shape index (κ1) is 12.2. The molecule has 0 amide bonds. The van der Waals surface area contributed by atoms with Crippen LogP contribution in [0.2, 0.25) is 18.1 Å². The molecule has 0 atom stereocenters. The van der Waals surface area contributed by atoms with Crippen molar-refractivity contribution >= 4 is 14.1 Å². The van der Waals surface area contributed by atoms with Crippen LogP contribution in [0.5, 0.6) is 0 Å². The highest BCUT2D eigenvalue weighted by molar-refractivity contribution is 6.84. The topological polar surface area (TPSA) is 12.9 Å². The third-order valence-electron chi connectivity index (χ3n) is 3.45. The average molecular weight is 219 g/mol. The monoisotopic (exact) mass is 219 g/mol. The first-order chi connectivity index (χ1) is 7.26. The Hall–Kier alpha value is -0.893. The molecule has 1 aromatic rings. The van der Waals surface area contributed by atoms with Gasteiger partial charge in [-0.3, -0.25) is 4.98 Å². The lowest BCUT2D eigenvalue weighted by Crippen LogP contribution is -2.28. The summed E-state index contributed by atoms with van der Waals surface area (Å²) in [6, 6.07) is 8.18. The summed E-state index contributed by atoms with van der Waals surface area (Å²) in [5, 5.41) is 0. The van der Waals surface area contributed by atoms with Gasteiger partial charge >= 0.3 is 0 Å². The van der Waals surface area contributed by atoms with E-state index >= 15 is 0 Å². The Morgan fingerprint density at radius 1 is 1.07 bits per heavy atom. The van der Waals surface area contributed by atoms with E-state index in [1.807, 2.05) is 12.4 Å². The second kappa shape index (κ2) is 5.86. The number of rotatable bonds is 5. The van der Waals surface area contributed by atoms with E-state index in [9.17, 15) is 0 Å². The van der Waals surface area contributed by atoms with E-state index in [0.717, 1.165) is 0 Å². The van der Waals surface area contributed by atoms with E-state index in [4.69, 9.17) is 0 Å². The van der Waals surface area contributed by atoms with Crippen LogP contribution < -0.4 is 0 Å². The molecular formula is C13H21NSi. The molecule has 1 aromatic heterocycles. The molecule has 0 bridgehead atoms. The maximum absolute atomic E-state index is 4.03. The Bertz CT molecular complexity index is 293. The number of hydrogen-bond donors (Lipinski definition) is 0. The molecule has 1 nitrogen and oxygen atoms in total. The van der Waals surface area contributed by atoms with Gasteiger partial charge in [-0.2, -0.15) is 0 Å². The highest BCUT2D eigenvalue weighted by Gasteiger charge is 2.22. The van der Waals surface area contributed by atoms with E-state index < -0.39 is 8.07 Å². The first-order valence-electron chi connectivity index (χ1n) is 5.85. The van der Waals surface area contributed by atoms with Crippen molar-refractivity contribution in [3.05, 3.63) is 35.8 Å². The van der Waals surface area contributed by atoms with Crippen molar-refractivity contribution in [2.24, 2.45) is 0 Å². The first-order valence-corrected chi connectivity index (χ1v) is 8.55. The van der Waals surface area contributed by atoms with Crippen molar-refractivity contribution in [3.8, 4) is 0 Å². The maximum Gasteiger partial charge on any atom is 0.0770 e. The molecule has 0 spiro atoms. The van der Waals surface area contributed by atoms with Crippen molar-refractivity contribution in [3.63, 3.8) is 0 Å². The third kappa shape index (κ3) is 3.31. The molecule has 1 heterocycles. The molecule has 0 saturated carbocycles. The second-order valence-corrected chi connectivity index (χ2v) is 9.22. The molecule has 82 valence electrons. The fraction of sp³-hybridized carbons (Fsp3) is 0.462. The molecule has 15 heavy (non-hydrogen) atoms. The van der Waals surface area contributed by atoms with E-state index in [2.05, 4.69) is 49.7 Å². The van der Waals surface area contributed by atoms with Crippen molar-refractivity contribution < 1.29 is 0 Å². The average Bonchev–Trinajstić information content (AvgIpc) is 2.33. The van der Waals surface area contributed by atoms with E-state index in [0.29, 0.717) is 0 Å². The molecule has 0 aliphatic rings. The molecule has 0 fully saturated rings. The van der Waals surface area contributed by atoms with Gasteiger partial charge in [-0.1, -0.05) is 50.7 Å². The van der Waals surface area contributed by atoms with Crippen molar-refractivity contribution in [2.75, 3.05) is 0 Å². The van der Waals surface area contributed by atoms with Gasteiger partial charge in [-0.25, -0.2) is 0 Å². The highest BCUT2D eigenvalue weighted by atomic mass is 28.3. The lowest BCUT2D eigenvalue weighted by atomic mass is 10.3. The molecule has 0 radical (unpaired) electrons. The fourth-order valence-corrected chi connectivity index (χ4v) is 4.60. The van der Waals surface area contributed by atoms with E-state index in [1.54, 1.807) is 0 Å². The largest absolute Gasteiger partial charge is 0.265 e. The van der Waals surface area contributed by atoms with Crippen molar-refractivity contribution in [2.45, 2.75) is 38.9 Å². The van der Waals surface area contributed by atoms with Crippen LogP contribution in [0.4, 0.5) is 0 Å². The van der Waals surface area contributed by atoms with Crippen molar-refractivity contribution in [1.29, 1.82) is 0 Å². The quantitative estimate of drug-likeness (QED) is 0.678. The lowest BCUT2D eigenvalue weighted by molar-refractivity contribution is 1.20. The molecule has 2 heteroatoms. The minimum Gasteiger partial charge on any atom is -0.265 e. The van der Waals surface area contributed by atoms with E-state index in [-0.39, 0.29) is 0 Å². The smallest absolute Gasteiger partial charge is 0.0770 e. The molecular weight excluding hydrogens is 198 g/mol. The van der Waals surface area contributed by atoms with Gasteiger partial charge in [0.2, 0.25) is 0 Å². The number of nitrogens with zero attached hydrogens (tertiary/aromatic N) is 1. The maximum atomic E-state index is 4.03. The lowest BCUT2D eigenvalue weighted by Gasteiger charge is -2.23. The van der Waals surface area contributed by atoms with Gasteiger partial charge in [-0.05, 0) is 17.7 Å². The SMILES string of the molecule is CC[Si](C=Cc1ccncc1)(CC)CC. The van der Waals surface area contributed by atoms with Gasteiger partial charge in [0.05, 0.1) is 8.07 Å². The predicted molar refractivity (Wildman–Crippen MR) is 70.5 cm³/mol. The van der Waals surface area contributed by atoms with Crippen LogP contribution in [0.1, 0.15) is 26.3 Å². The summed E-state index contributed by atoms with van der Waals surface area (Å²) in [5.41, 5.74) is 3.78. The normalized spacial score (nSPS) is 12.2. The molecule has 0 N–H and O–H groups in total. The fourth-order valence-electron chi connectivity index (χ4n) is 1.85. The summed E-state index contributed by atoms with van der Waals surface area (Å²) >= 11 is 0. The van der Waals surface area contributed by atoms with Crippen LogP contribution in [0.3, 0.4) is 0 Å². The zero-order valence-electron chi connectivity index (χ0n) is 10.0. The summed E-state index contributed by atoms with van der Waals surface area (Å²) in [4.78, 5) is 4.03. The Balaban J connectivity index is 2.79. The Morgan fingerprint density at radius 2 is 1.60 bits per heavy atom. The number of aromatic nitrogens is 1. The minimum absolute atomic E-state index is 1.10. The zero-order valence-corrected chi connectivity index (χ0v) is 11.0. The van der Waals surface area contributed by atoms with Crippen LogP contribution in [-0.2, 0) is 0 Å². The number of pyridine rings is 1. The number of hydrogen-bond acceptors (Lipinski definition) is 1. The van der Waals surface area contributed by atoms with Crippen LogP contribution >= 0.6 is 0 Å². The highest BCUT2D eigenvalue weighted by Crippen LogP contribution is 2.22. The van der Waals surface area contributed by atoms with Gasteiger partial charge in [0.15, 0.2) is 0 Å². The predicted octanol–water partition coefficient (Wildman–Crippen LogP) is 4.14. The van der Waals surface area contributed by atoms with Gasteiger partial charge < -0.3 is 0 Å². The third-order valence-corrected chi connectivity index (χ3v) is 8.55. The summed E-state index contributed by atoms with van der Waals surface area (Å²) in [5.74, 6) is 0. The summed E-state index contributed by atoms with van der Waals surface area (Å²) < 4.78 is 0. The van der Waals surface area contributed by atoms with Gasteiger partial charge in [0.25, 0.3) is 0 Å². The zero-order chi connectivity index (χ0) is 11.1. The summed E-state index contributed by atoms with van der Waals surface area (Å²) in [6.07, 6.45) is 5.99. The van der Waals surface area contributed by atoms with Crippen LogP contribution in [0.15, 0.2) is 30.2 Å². The van der Waals surface area contributed by atoms with Gasteiger partial charge in [0.1, 0.15) is 0 Å². The molecule has 1 rings (SSSR count). The van der Waals surface area contributed by atoms with Crippen molar-refractivity contribution in [1.82, 2.24) is 4.98 Å². The molecule has 0 aromatic carbocycles. The van der Waals surface area contributed by atoms with Gasteiger partial charge in [0, 0.05) is 12.4 Å². The van der Waals surface area contributed by atoms with E-state index in [1.165, 1.54) is 23.7 Å².